The lowest BCUT2D eigenvalue weighted by molar-refractivity contribution is 0.617. The van der Waals surface area contributed by atoms with Crippen LogP contribution in [0.25, 0.3) is 0 Å². The monoisotopic (exact) mass is 306 g/mol. The van der Waals surface area contributed by atoms with E-state index in [9.17, 15) is 0 Å². The van der Waals surface area contributed by atoms with E-state index < -0.39 is 0 Å². The molecule has 0 fully saturated rings. The van der Waals surface area contributed by atoms with Gasteiger partial charge in [-0.1, -0.05) is 75.0 Å². The SMILES string of the molecule is S=C1CC=CCCCCCCCC=CCCCCCCC1. The van der Waals surface area contributed by atoms with Crippen molar-refractivity contribution in [3.63, 3.8) is 0 Å². The first kappa shape index (κ1) is 18.6. The van der Waals surface area contributed by atoms with Crippen LogP contribution in [0, 0.1) is 0 Å². The molecule has 0 aromatic rings. The molecule has 0 spiro atoms. The van der Waals surface area contributed by atoms with Crippen molar-refractivity contribution in [2.45, 2.75) is 96.3 Å². The first-order valence-electron chi connectivity index (χ1n) is 9.21. The van der Waals surface area contributed by atoms with Crippen molar-refractivity contribution in [1.29, 1.82) is 0 Å². The Balaban J connectivity index is 2.20. The number of thiocarbonyl (C=S) groups is 1. The van der Waals surface area contributed by atoms with Crippen molar-refractivity contribution in [2.75, 3.05) is 0 Å². The molecule has 1 heteroatoms. The van der Waals surface area contributed by atoms with Gasteiger partial charge in [0.05, 0.1) is 0 Å². The molecule has 21 heavy (non-hydrogen) atoms. The molecule has 0 atom stereocenters. The summed E-state index contributed by atoms with van der Waals surface area (Å²) in [6.07, 6.45) is 29.1. The molecule has 0 aromatic heterocycles. The van der Waals surface area contributed by atoms with Crippen molar-refractivity contribution in [1.82, 2.24) is 0 Å². The van der Waals surface area contributed by atoms with Gasteiger partial charge < -0.3 is 0 Å². The highest BCUT2D eigenvalue weighted by atomic mass is 32.1. The predicted molar refractivity (Wildman–Crippen MR) is 100 cm³/mol. The average Bonchev–Trinajstić information content (AvgIpc) is 2.48. The average molecular weight is 307 g/mol. The third-order valence-electron chi connectivity index (χ3n) is 4.25. The second-order valence-corrected chi connectivity index (χ2v) is 6.91. The lowest BCUT2D eigenvalue weighted by atomic mass is 10.1. The summed E-state index contributed by atoms with van der Waals surface area (Å²) in [5.41, 5.74) is 0. The molecule has 120 valence electrons. The molecule has 1 rings (SSSR count). The summed E-state index contributed by atoms with van der Waals surface area (Å²) in [6.45, 7) is 0. The third-order valence-corrected chi connectivity index (χ3v) is 4.62. The minimum Gasteiger partial charge on any atom is -0.0894 e. The molecule has 0 unspecified atom stereocenters. The summed E-state index contributed by atoms with van der Waals surface area (Å²) in [4.78, 5) is 1.25. The lowest BCUT2D eigenvalue weighted by Gasteiger charge is -2.02. The van der Waals surface area contributed by atoms with Crippen LogP contribution in [0.15, 0.2) is 24.3 Å². The van der Waals surface area contributed by atoms with E-state index >= 15 is 0 Å². The molecular weight excluding hydrogens is 272 g/mol. The van der Waals surface area contributed by atoms with Gasteiger partial charge in [-0.2, -0.15) is 0 Å². The van der Waals surface area contributed by atoms with E-state index in [1.54, 1.807) is 0 Å². The van der Waals surface area contributed by atoms with Gasteiger partial charge in [-0.05, 0) is 62.7 Å². The van der Waals surface area contributed by atoms with Crippen LogP contribution < -0.4 is 0 Å². The summed E-state index contributed by atoms with van der Waals surface area (Å²) in [7, 11) is 0. The number of hydrogen-bond donors (Lipinski definition) is 0. The Labute approximate surface area is 138 Å². The van der Waals surface area contributed by atoms with Crippen molar-refractivity contribution >= 4 is 17.1 Å². The summed E-state index contributed by atoms with van der Waals surface area (Å²) >= 11 is 5.46. The molecule has 1 aliphatic rings. The number of hydrogen-bond acceptors (Lipinski definition) is 1. The number of rotatable bonds is 0. The quantitative estimate of drug-likeness (QED) is 0.333. The van der Waals surface area contributed by atoms with Crippen molar-refractivity contribution in [3.05, 3.63) is 24.3 Å². The topological polar surface area (TPSA) is 0 Å². The predicted octanol–water partition coefficient (Wildman–Crippen LogP) is 7.33. The largest absolute Gasteiger partial charge is 0.0894 e. The van der Waals surface area contributed by atoms with E-state index in [2.05, 4.69) is 24.3 Å². The fraction of sp³-hybridized carbons (Fsp3) is 0.750. The second kappa shape index (κ2) is 14.5. The maximum atomic E-state index is 5.46. The zero-order valence-electron chi connectivity index (χ0n) is 13.8. The van der Waals surface area contributed by atoms with Gasteiger partial charge in [-0.15, -0.1) is 0 Å². The minimum absolute atomic E-state index is 1.03. The number of allylic oxidation sites excluding steroid dienone is 4. The Morgan fingerprint density at radius 2 is 0.952 bits per heavy atom. The van der Waals surface area contributed by atoms with Crippen molar-refractivity contribution in [3.8, 4) is 0 Å². The summed E-state index contributed by atoms with van der Waals surface area (Å²) in [5, 5.41) is 0. The van der Waals surface area contributed by atoms with Gasteiger partial charge >= 0.3 is 0 Å². The highest BCUT2D eigenvalue weighted by Crippen LogP contribution is 2.12. The van der Waals surface area contributed by atoms with Crippen LogP contribution in [0.5, 0.6) is 0 Å². The fourth-order valence-corrected chi connectivity index (χ4v) is 3.08. The summed E-state index contributed by atoms with van der Waals surface area (Å²) < 4.78 is 0. The Morgan fingerprint density at radius 1 is 0.524 bits per heavy atom. The zero-order valence-corrected chi connectivity index (χ0v) is 14.6. The Hall–Kier alpha value is -0.430. The highest BCUT2D eigenvalue weighted by molar-refractivity contribution is 7.80. The summed E-state index contributed by atoms with van der Waals surface area (Å²) in [6, 6.07) is 0. The van der Waals surface area contributed by atoms with Crippen LogP contribution in [-0.4, -0.2) is 4.86 Å². The normalized spacial score (nSPS) is 22.0. The van der Waals surface area contributed by atoms with Gasteiger partial charge in [0.15, 0.2) is 0 Å². The van der Waals surface area contributed by atoms with E-state index in [-0.39, 0.29) is 0 Å². The Bertz CT molecular complexity index is 301. The van der Waals surface area contributed by atoms with E-state index in [1.807, 2.05) is 0 Å². The molecule has 0 saturated heterocycles. The van der Waals surface area contributed by atoms with E-state index in [0.717, 1.165) is 12.8 Å². The first-order valence-corrected chi connectivity index (χ1v) is 9.62. The molecule has 0 amide bonds. The van der Waals surface area contributed by atoms with Gasteiger partial charge in [-0.25, -0.2) is 0 Å². The van der Waals surface area contributed by atoms with Gasteiger partial charge in [0.25, 0.3) is 0 Å². The molecule has 0 radical (unpaired) electrons. The molecular formula is C20H34S. The van der Waals surface area contributed by atoms with E-state index in [1.165, 1.54) is 88.3 Å². The maximum Gasteiger partial charge on any atom is -0.00335 e. The molecule has 0 aliphatic heterocycles. The summed E-state index contributed by atoms with van der Waals surface area (Å²) in [5.74, 6) is 0. The molecule has 0 heterocycles. The van der Waals surface area contributed by atoms with Gasteiger partial charge in [0, 0.05) is 0 Å². The van der Waals surface area contributed by atoms with Crippen LogP contribution in [-0.2, 0) is 0 Å². The van der Waals surface area contributed by atoms with E-state index in [0.29, 0.717) is 0 Å². The van der Waals surface area contributed by atoms with Crippen LogP contribution in [0.1, 0.15) is 96.3 Å². The standard InChI is InChI=1S/C20H34S/c21-20-18-16-14-12-10-8-6-4-2-1-3-5-7-9-11-13-15-17-19-20/h2,4,15,17H,1,3,5-14,16,18-19H2. The van der Waals surface area contributed by atoms with Gasteiger partial charge in [0.1, 0.15) is 0 Å². The minimum atomic E-state index is 1.03. The Morgan fingerprint density at radius 3 is 1.52 bits per heavy atom. The first-order chi connectivity index (χ1) is 10.4. The highest BCUT2D eigenvalue weighted by Gasteiger charge is 1.96. The molecule has 0 nitrogen and oxygen atoms in total. The van der Waals surface area contributed by atoms with Crippen LogP contribution in [0.3, 0.4) is 0 Å². The van der Waals surface area contributed by atoms with Crippen molar-refractivity contribution < 1.29 is 0 Å². The zero-order chi connectivity index (χ0) is 15.0. The molecule has 0 bridgehead atoms. The lowest BCUT2D eigenvalue weighted by Crippen LogP contribution is -1.92. The van der Waals surface area contributed by atoms with Gasteiger partial charge in [0.2, 0.25) is 0 Å². The van der Waals surface area contributed by atoms with Crippen molar-refractivity contribution in [2.24, 2.45) is 0 Å². The van der Waals surface area contributed by atoms with Crippen LogP contribution >= 0.6 is 12.2 Å². The van der Waals surface area contributed by atoms with Crippen LogP contribution in [0.2, 0.25) is 0 Å². The third kappa shape index (κ3) is 13.0. The molecule has 0 saturated carbocycles. The molecule has 0 aromatic carbocycles. The maximum absolute atomic E-state index is 5.46. The molecule has 1 aliphatic carbocycles. The fourth-order valence-electron chi connectivity index (χ4n) is 2.84. The smallest absolute Gasteiger partial charge is 0.00335 e. The Kier molecular flexibility index (Phi) is 12.9. The van der Waals surface area contributed by atoms with E-state index in [4.69, 9.17) is 12.2 Å². The molecule has 0 N–H and O–H groups in total. The van der Waals surface area contributed by atoms with Gasteiger partial charge in [-0.3, -0.25) is 0 Å². The second-order valence-electron chi connectivity index (χ2n) is 6.34. The van der Waals surface area contributed by atoms with Crippen LogP contribution in [0.4, 0.5) is 0 Å².